The summed E-state index contributed by atoms with van der Waals surface area (Å²) >= 11 is 0. The van der Waals surface area contributed by atoms with E-state index in [0.717, 1.165) is 5.56 Å². The molecule has 0 spiro atoms. The second-order valence-electron chi connectivity index (χ2n) is 3.29. The molecule has 1 atom stereocenters. The highest BCUT2D eigenvalue weighted by atomic mass is 19.1. The highest BCUT2D eigenvalue weighted by Gasteiger charge is 2.10. The zero-order valence-corrected chi connectivity index (χ0v) is 7.87. The maximum atomic E-state index is 12.6. The van der Waals surface area contributed by atoms with Crippen molar-refractivity contribution in [1.29, 1.82) is 0 Å². The number of nitrogens with zero attached hydrogens (tertiary/aromatic N) is 1. The number of benzene rings is 1. The van der Waals surface area contributed by atoms with Crippen molar-refractivity contribution >= 4 is 6.21 Å². The SMILES string of the molecule is Cc1ccc(C2N=CC(F)=CN2)cc1. The molecule has 14 heavy (non-hydrogen) atoms. The number of hydrogen-bond donors (Lipinski definition) is 1. The van der Waals surface area contributed by atoms with Crippen molar-refractivity contribution in [3.8, 4) is 0 Å². The van der Waals surface area contributed by atoms with E-state index in [9.17, 15) is 4.39 Å². The Morgan fingerprint density at radius 2 is 2.00 bits per heavy atom. The van der Waals surface area contributed by atoms with Gasteiger partial charge in [-0.1, -0.05) is 29.8 Å². The molecule has 1 unspecified atom stereocenters. The Kier molecular flexibility index (Phi) is 2.31. The molecule has 2 rings (SSSR count). The first-order valence-corrected chi connectivity index (χ1v) is 4.47. The summed E-state index contributed by atoms with van der Waals surface area (Å²) in [4.78, 5) is 4.03. The van der Waals surface area contributed by atoms with E-state index in [-0.39, 0.29) is 12.0 Å². The Morgan fingerprint density at radius 1 is 1.29 bits per heavy atom. The first-order chi connectivity index (χ1) is 6.75. The van der Waals surface area contributed by atoms with Crippen molar-refractivity contribution < 1.29 is 4.39 Å². The highest BCUT2D eigenvalue weighted by Crippen LogP contribution is 2.17. The molecule has 0 bridgehead atoms. The zero-order valence-electron chi connectivity index (χ0n) is 7.87. The fourth-order valence-electron chi connectivity index (χ4n) is 1.32. The van der Waals surface area contributed by atoms with Crippen LogP contribution in [0.15, 0.2) is 41.3 Å². The van der Waals surface area contributed by atoms with Crippen LogP contribution in [0.2, 0.25) is 0 Å². The minimum Gasteiger partial charge on any atom is -0.364 e. The van der Waals surface area contributed by atoms with Crippen molar-refractivity contribution in [2.45, 2.75) is 13.1 Å². The summed E-state index contributed by atoms with van der Waals surface area (Å²) in [7, 11) is 0. The number of allylic oxidation sites excluding steroid dienone is 1. The number of hydrogen-bond acceptors (Lipinski definition) is 2. The molecular formula is C11H11FN2. The maximum absolute atomic E-state index is 12.6. The van der Waals surface area contributed by atoms with Crippen LogP contribution in [0, 0.1) is 6.92 Å². The average molecular weight is 190 g/mol. The zero-order chi connectivity index (χ0) is 9.97. The minimum atomic E-state index is -0.339. The van der Waals surface area contributed by atoms with Gasteiger partial charge >= 0.3 is 0 Å². The van der Waals surface area contributed by atoms with E-state index in [1.54, 1.807) is 0 Å². The molecule has 0 radical (unpaired) electrons. The van der Waals surface area contributed by atoms with Crippen LogP contribution in [-0.4, -0.2) is 6.21 Å². The van der Waals surface area contributed by atoms with Gasteiger partial charge in [-0.3, -0.25) is 4.99 Å². The summed E-state index contributed by atoms with van der Waals surface area (Å²) in [5.74, 6) is -0.339. The molecule has 72 valence electrons. The molecule has 0 aliphatic carbocycles. The van der Waals surface area contributed by atoms with Gasteiger partial charge in [0.2, 0.25) is 0 Å². The Balaban J connectivity index is 2.18. The lowest BCUT2D eigenvalue weighted by Gasteiger charge is -2.16. The molecule has 0 fully saturated rings. The lowest BCUT2D eigenvalue weighted by molar-refractivity contribution is 0.598. The lowest BCUT2D eigenvalue weighted by Crippen LogP contribution is -2.17. The van der Waals surface area contributed by atoms with Gasteiger partial charge in [-0.05, 0) is 12.5 Å². The van der Waals surface area contributed by atoms with Crippen LogP contribution >= 0.6 is 0 Å². The van der Waals surface area contributed by atoms with Crippen molar-refractivity contribution in [2.24, 2.45) is 4.99 Å². The third-order valence-electron chi connectivity index (χ3n) is 2.12. The normalized spacial score (nSPS) is 20.1. The lowest BCUT2D eigenvalue weighted by atomic mass is 10.1. The topological polar surface area (TPSA) is 24.4 Å². The summed E-state index contributed by atoms with van der Waals surface area (Å²) in [6.45, 7) is 2.03. The first-order valence-electron chi connectivity index (χ1n) is 4.47. The molecule has 0 aromatic heterocycles. The van der Waals surface area contributed by atoms with Gasteiger partial charge in [0.25, 0.3) is 0 Å². The second kappa shape index (κ2) is 3.62. The van der Waals surface area contributed by atoms with Gasteiger partial charge in [0.05, 0.1) is 6.21 Å². The van der Waals surface area contributed by atoms with Crippen LogP contribution in [0.1, 0.15) is 17.3 Å². The van der Waals surface area contributed by atoms with Crippen LogP contribution in [0.25, 0.3) is 0 Å². The molecule has 1 aliphatic rings. The van der Waals surface area contributed by atoms with E-state index in [1.807, 2.05) is 31.2 Å². The summed E-state index contributed by atoms with van der Waals surface area (Å²) in [5, 5.41) is 2.87. The Bertz CT molecular complexity index is 379. The number of aryl methyl sites for hydroxylation is 1. The van der Waals surface area contributed by atoms with E-state index in [2.05, 4.69) is 10.3 Å². The Labute approximate surface area is 82.2 Å². The predicted octanol–water partition coefficient (Wildman–Crippen LogP) is 2.48. The van der Waals surface area contributed by atoms with Gasteiger partial charge < -0.3 is 5.32 Å². The Hall–Kier alpha value is -1.64. The van der Waals surface area contributed by atoms with Gasteiger partial charge in [-0.2, -0.15) is 0 Å². The van der Waals surface area contributed by atoms with Crippen LogP contribution in [0.3, 0.4) is 0 Å². The number of halogens is 1. The van der Waals surface area contributed by atoms with Gasteiger partial charge in [0.1, 0.15) is 6.17 Å². The summed E-state index contributed by atoms with van der Waals surface area (Å²) in [5.41, 5.74) is 2.24. The first kappa shape index (κ1) is 8.94. The maximum Gasteiger partial charge on any atom is 0.156 e. The van der Waals surface area contributed by atoms with Crippen molar-refractivity contribution in [3.63, 3.8) is 0 Å². The Morgan fingerprint density at radius 3 is 2.57 bits per heavy atom. The average Bonchev–Trinajstić information content (AvgIpc) is 2.21. The quantitative estimate of drug-likeness (QED) is 0.722. The molecule has 0 saturated carbocycles. The second-order valence-corrected chi connectivity index (χ2v) is 3.29. The van der Waals surface area contributed by atoms with Crippen molar-refractivity contribution in [1.82, 2.24) is 5.32 Å². The smallest absolute Gasteiger partial charge is 0.156 e. The van der Waals surface area contributed by atoms with Crippen LogP contribution in [-0.2, 0) is 0 Å². The fraction of sp³-hybridized carbons (Fsp3) is 0.182. The van der Waals surface area contributed by atoms with Gasteiger partial charge in [-0.25, -0.2) is 4.39 Å². The summed E-state index contributed by atoms with van der Waals surface area (Å²) in [6, 6.07) is 8.01. The van der Waals surface area contributed by atoms with E-state index < -0.39 is 0 Å². The van der Waals surface area contributed by atoms with Crippen molar-refractivity contribution in [3.05, 3.63) is 47.4 Å². The van der Waals surface area contributed by atoms with Gasteiger partial charge in [0.15, 0.2) is 5.83 Å². The summed E-state index contributed by atoms with van der Waals surface area (Å²) in [6.07, 6.45) is 2.41. The van der Waals surface area contributed by atoms with Crippen molar-refractivity contribution in [2.75, 3.05) is 0 Å². The van der Waals surface area contributed by atoms with Crippen LogP contribution < -0.4 is 5.32 Å². The molecule has 1 aliphatic heterocycles. The molecule has 3 heteroatoms. The minimum absolute atomic E-state index is 0.157. The third-order valence-corrected chi connectivity index (χ3v) is 2.12. The third kappa shape index (κ3) is 1.82. The van der Waals surface area contributed by atoms with Crippen LogP contribution in [0.5, 0.6) is 0 Å². The molecule has 1 aromatic carbocycles. The molecule has 1 N–H and O–H groups in total. The molecule has 1 heterocycles. The van der Waals surface area contributed by atoms with E-state index >= 15 is 0 Å². The molecule has 2 nitrogen and oxygen atoms in total. The summed E-state index contributed by atoms with van der Waals surface area (Å²) < 4.78 is 12.6. The van der Waals surface area contributed by atoms with E-state index in [1.165, 1.54) is 18.0 Å². The fourth-order valence-corrected chi connectivity index (χ4v) is 1.32. The molecular weight excluding hydrogens is 179 g/mol. The number of rotatable bonds is 1. The van der Waals surface area contributed by atoms with Gasteiger partial charge in [-0.15, -0.1) is 0 Å². The molecule has 0 amide bonds. The predicted molar refractivity (Wildman–Crippen MR) is 54.7 cm³/mol. The monoisotopic (exact) mass is 190 g/mol. The van der Waals surface area contributed by atoms with Gasteiger partial charge in [0, 0.05) is 6.20 Å². The highest BCUT2D eigenvalue weighted by molar-refractivity contribution is 5.76. The largest absolute Gasteiger partial charge is 0.364 e. The number of nitrogens with one attached hydrogen (secondary N) is 1. The molecule has 0 saturated heterocycles. The van der Waals surface area contributed by atoms with E-state index in [4.69, 9.17) is 0 Å². The molecule has 1 aromatic rings. The van der Waals surface area contributed by atoms with Crippen LogP contribution in [0.4, 0.5) is 4.39 Å². The number of aliphatic imine (C=N–C) groups is 1. The standard InChI is InChI=1S/C11H11FN2/c1-8-2-4-9(5-3-8)11-13-6-10(12)7-14-11/h2-7,11,13H,1H3. The van der Waals surface area contributed by atoms with E-state index in [0.29, 0.717) is 0 Å².